The molecule has 3 heteroatoms. The van der Waals surface area contributed by atoms with Crippen molar-refractivity contribution >= 4 is 32.4 Å². The van der Waals surface area contributed by atoms with Crippen LogP contribution in [0, 0.1) is 0 Å². The minimum Gasteiger partial charge on any atom is -0.248 e. The Morgan fingerprint density at radius 3 is 1.43 bits per heavy atom. The Balaban J connectivity index is 1.16. The zero-order chi connectivity index (χ0) is 35.8. The van der Waals surface area contributed by atoms with Crippen LogP contribution in [0.15, 0.2) is 200 Å². The summed E-state index contributed by atoms with van der Waals surface area (Å²) < 4.78 is 0. The van der Waals surface area contributed by atoms with Gasteiger partial charge in [0.25, 0.3) is 0 Å². The molecule has 0 radical (unpaired) electrons. The number of nitrogens with zero attached hydrogens (tertiary/aromatic N) is 3. The Hall–Kier alpha value is -7.23. The van der Waals surface area contributed by atoms with E-state index >= 15 is 0 Å². The number of aromatic nitrogens is 3. The molecule has 0 bridgehead atoms. The van der Waals surface area contributed by atoms with Crippen LogP contribution in [0.25, 0.3) is 99.9 Å². The molecule has 3 nitrogen and oxygen atoms in total. The fourth-order valence-corrected chi connectivity index (χ4v) is 7.43. The van der Waals surface area contributed by atoms with Gasteiger partial charge < -0.3 is 0 Å². The number of rotatable bonds is 6. The summed E-state index contributed by atoms with van der Waals surface area (Å²) in [7, 11) is 0. The number of pyridine rings is 1. The summed E-state index contributed by atoms with van der Waals surface area (Å²) in [6.07, 6.45) is 0. The van der Waals surface area contributed by atoms with Gasteiger partial charge in [0.2, 0.25) is 0 Å². The molecule has 2 aromatic heterocycles. The molecule has 0 spiro atoms. The van der Waals surface area contributed by atoms with Crippen molar-refractivity contribution in [1.82, 2.24) is 15.0 Å². The smallest absolute Gasteiger partial charge is 0.160 e. The van der Waals surface area contributed by atoms with Gasteiger partial charge in [-0.05, 0) is 86.3 Å². The van der Waals surface area contributed by atoms with Gasteiger partial charge in [-0.2, -0.15) is 0 Å². The lowest BCUT2D eigenvalue weighted by atomic mass is 9.93. The lowest BCUT2D eigenvalue weighted by molar-refractivity contribution is 1.18. The Morgan fingerprint density at radius 2 is 0.759 bits per heavy atom. The molecular weight excluding hydrogens is 655 g/mol. The first-order chi connectivity index (χ1) is 26.7. The van der Waals surface area contributed by atoms with Crippen LogP contribution >= 0.6 is 0 Å². The highest BCUT2D eigenvalue weighted by atomic mass is 14.9. The highest BCUT2D eigenvalue weighted by molar-refractivity contribution is 6.00. The first-order valence-electron chi connectivity index (χ1n) is 18.3. The summed E-state index contributed by atoms with van der Waals surface area (Å²) in [4.78, 5) is 15.6. The predicted molar refractivity (Wildman–Crippen MR) is 225 cm³/mol. The molecule has 8 aromatic carbocycles. The van der Waals surface area contributed by atoms with Crippen molar-refractivity contribution in [3.8, 4) is 67.4 Å². The van der Waals surface area contributed by atoms with Crippen molar-refractivity contribution in [3.05, 3.63) is 200 Å². The lowest BCUT2D eigenvalue weighted by Gasteiger charge is -2.14. The maximum atomic E-state index is 5.27. The minimum absolute atomic E-state index is 0.682. The fraction of sp³-hybridized carbons (Fsp3) is 0. The zero-order valence-corrected chi connectivity index (χ0v) is 29.4. The van der Waals surface area contributed by atoms with E-state index in [2.05, 4.69) is 164 Å². The minimum atomic E-state index is 0.682. The average Bonchev–Trinajstić information content (AvgIpc) is 3.26. The number of hydrogen-bond acceptors (Lipinski definition) is 3. The van der Waals surface area contributed by atoms with Gasteiger partial charge >= 0.3 is 0 Å². The molecule has 0 fully saturated rings. The number of benzene rings is 8. The van der Waals surface area contributed by atoms with E-state index in [-0.39, 0.29) is 0 Å². The van der Waals surface area contributed by atoms with Crippen LogP contribution in [-0.4, -0.2) is 15.0 Å². The summed E-state index contributed by atoms with van der Waals surface area (Å²) in [5.41, 5.74) is 12.3. The number of fused-ring (bicyclic) bond motifs is 3. The molecule has 0 unspecified atom stereocenters. The van der Waals surface area contributed by atoms with Crippen LogP contribution < -0.4 is 0 Å². The summed E-state index contributed by atoms with van der Waals surface area (Å²) >= 11 is 0. The molecule has 0 aliphatic heterocycles. The first kappa shape index (κ1) is 31.5. The zero-order valence-electron chi connectivity index (χ0n) is 29.4. The largest absolute Gasteiger partial charge is 0.248 e. The van der Waals surface area contributed by atoms with Crippen LogP contribution in [0.3, 0.4) is 0 Å². The molecule has 54 heavy (non-hydrogen) atoms. The molecule has 0 N–H and O–H groups in total. The summed E-state index contributed by atoms with van der Waals surface area (Å²) in [5, 5.41) is 5.95. The second-order valence-corrected chi connectivity index (χ2v) is 13.7. The summed E-state index contributed by atoms with van der Waals surface area (Å²) in [6.45, 7) is 0. The maximum Gasteiger partial charge on any atom is 0.160 e. The molecule has 2 heterocycles. The van der Waals surface area contributed by atoms with Gasteiger partial charge in [-0.1, -0.05) is 158 Å². The van der Waals surface area contributed by atoms with Crippen LogP contribution in [0.5, 0.6) is 0 Å². The molecule has 0 aliphatic rings. The van der Waals surface area contributed by atoms with E-state index in [1.165, 1.54) is 27.1 Å². The molecule has 0 saturated carbocycles. The molecule has 252 valence electrons. The quantitative estimate of drug-likeness (QED) is 0.175. The van der Waals surface area contributed by atoms with Gasteiger partial charge in [-0.3, -0.25) is 0 Å². The Labute approximate surface area is 313 Å². The third kappa shape index (κ3) is 5.98. The predicted octanol–water partition coefficient (Wildman–Crippen LogP) is 13.3. The lowest BCUT2D eigenvalue weighted by Crippen LogP contribution is -1.96. The van der Waals surface area contributed by atoms with Gasteiger partial charge in [0.15, 0.2) is 5.82 Å². The Bertz CT molecular complexity index is 2930. The van der Waals surface area contributed by atoms with Crippen LogP contribution in [0.2, 0.25) is 0 Å². The van der Waals surface area contributed by atoms with Gasteiger partial charge in [-0.15, -0.1) is 0 Å². The topological polar surface area (TPSA) is 38.7 Å². The van der Waals surface area contributed by atoms with Crippen molar-refractivity contribution < 1.29 is 0 Å². The average molecular weight is 688 g/mol. The first-order valence-corrected chi connectivity index (χ1v) is 18.3. The number of hydrogen-bond donors (Lipinski definition) is 0. The van der Waals surface area contributed by atoms with Gasteiger partial charge in [0.1, 0.15) is 0 Å². The Kier molecular flexibility index (Phi) is 7.81. The molecule has 0 aliphatic carbocycles. The van der Waals surface area contributed by atoms with E-state index in [0.29, 0.717) is 5.82 Å². The third-order valence-electron chi connectivity index (χ3n) is 10.2. The molecule has 10 aromatic rings. The van der Waals surface area contributed by atoms with Gasteiger partial charge in [0, 0.05) is 27.6 Å². The van der Waals surface area contributed by atoms with Crippen molar-refractivity contribution in [3.63, 3.8) is 0 Å². The SMILES string of the molecule is c1ccc(-c2cc(-c3ccccc3)nc(-c3cccc(-c4cc(-c5ccc6ccccc6c5)nc5ccc(-c6ccc7ccccc7c6)cc45)c3)n2)cc1. The van der Waals surface area contributed by atoms with Crippen LogP contribution in [-0.2, 0) is 0 Å². The van der Waals surface area contributed by atoms with Crippen molar-refractivity contribution in [2.24, 2.45) is 0 Å². The van der Waals surface area contributed by atoms with Gasteiger partial charge in [0.05, 0.1) is 22.6 Å². The fourth-order valence-electron chi connectivity index (χ4n) is 7.43. The molecule has 0 atom stereocenters. The standard InChI is InChI=1S/C51H33N3/c1-3-14-36(15-4-1)49-33-50(37-16-5-2-6-17-37)54-51(53-49)44-21-11-20-42(30-44)45-32-48(43-25-23-35-13-8-10-19-39(35)29-43)52-47-27-26-41(31-46(45)47)40-24-22-34-12-7-9-18-38(34)28-40/h1-33H. The molecule has 0 saturated heterocycles. The molecule has 10 rings (SSSR count). The molecule has 0 amide bonds. The highest BCUT2D eigenvalue weighted by Gasteiger charge is 2.15. The second-order valence-electron chi connectivity index (χ2n) is 13.7. The van der Waals surface area contributed by atoms with Crippen molar-refractivity contribution in [2.45, 2.75) is 0 Å². The third-order valence-corrected chi connectivity index (χ3v) is 10.2. The van der Waals surface area contributed by atoms with Crippen LogP contribution in [0.4, 0.5) is 0 Å². The van der Waals surface area contributed by atoms with Gasteiger partial charge in [-0.25, -0.2) is 15.0 Å². The van der Waals surface area contributed by atoms with E-state index in [4.69, 9.17) is 15.0 Å². The normalized spacial score (nSPS) is 11.3. The Morgan fingerprint density at radius 1 is 0.259 bits per heavy atom. The van der Waals surface area contributed by atoms with Crippen molar-refractivity contribution in [2.75, 3.05) is 0 Å². The van der Waals surface area contributed by atoms with E-state index in [9.17, 15) is 0 Å². The maximum absolute atomic E-state index is 5.27. The van der Waals surface area contributed by atoms with Crippen LogP contribution in [0.1, 0.15) is 0 Å². The highest BCUT2D eigenvalue weighted by Crippen LogP contribution is 2.38. The van der Waals surface area contributed by atoms with E-state index in [1.807, 2.05) is 36.4 Å². The monoisotopic (exact) mass is 687 g/mol. The van der Waals surface area contributed by atoms with E-state index < -0.39 is 0 Å². The summed E-state index contributed by atoms with van der Waals surface area (Å²) in [5.74, 6) is 0.682. The van der Waals surface area contributed by atoms with E-state index in [0.717, 1.165) is 66.9 Å². The van der Waals surface area contributed by atoms with Crippen molar-refractivity contribution in [1.29, 1.82) is 0 Å². The summed E-state index contributed by atoms with van der Waals surface area (Å²) in [6, 6.07) is 70.5. The second kappa shape index (κ2) is 13.4. The molecular formula is C51H33N3. The van der Waals surface area contributed by atoms with E-state index in [1.54, 1.807) is 0 Å².